The van der Waals surface area contributed by atoms with Gasteiger partial charge in [-0.15, -0.1) is 11.8 Å². The number of benzene rings is 2. The van der Waals surface area contributed by atoms with Crippen LogP contribution in [0.1, 0.15) is 46.2 Å². The van der Waals surface area contributed by atoms with Crippen LogP contribution in [0.2, 0.25) is 0 Å². The zero-order chi connectivity index (χ0) is 35.7. The molecule has 5 heterocycles. The van der Waals surface area contributed by atoms with Crippen molar-refractivity contribution in [2.24, 2.45) is 0 Å². The summed E-state index contributed by atoms with van der Waals surface area (Å²) in [4.78, 5) is 40.0. The highest BCUT2D eigenvalue weighted by Gasteiger charge is 2.41. The van der Waals surface area contributed by atoms with Crippen molar-refractivity contribution in [3.05, 3.63) is 82.8 Å². The molecule has 3 atom stereocenters. The Balaban J connectivity index is 1.43. The summed E-state index contributed by atoms with van der Waals surface area (Å²) in [6.07, 6.45) is -1.74. The topological polar surface area (TPSA) is 85.5 Å². The molecule has 50 heavy (non-hydrogen) atoms. The van der Waals surface area contributed by atoms with Crippen LogP contribution in [0.4, 0.5) is 28.2 Å². The summed E-state index contributed by atoms with van der Waals surface area (Å²) in [5, 5.41) is 1.07. The number of alkyl halides is 3. The van der Waals surface area contributed by atoms with Gasteiger partial charge in [0.25, 0.3) is 0 Å². The fourth-order valence-corrected chi connectivity index (χ4v) is 8.49. The van der Waals surface area contributed by atoms with Crippen LogP contribution in [0.5, 0.6) is 0 Å². The number of piperazine rings is 1. The van der Waals surface area contributed by atoms with Crippen LogP contribution in [-0.4, -0.2) is 66.6 Å². The molecular formula is C36H36F4N6O3S. The van der Waals surface area contributed by atoms with Gasteiger partial charge in [-0.3, -0.25) is 9.47 Å². The van der Waals surface area contributed by atoms with E-state index >= 15 is 13.2 Å². The summed E-state index contributed by atoms with van der Waals surface area (Å²) in [5.74, 6) is -0.136. The summed E-state index contributed by atoms with van der Waals surface area (Å²) in [6.45, 7) is 9.56. The van der Waals surface area contributed by atoms with Crippen LogP contribution >= 0.6 is 11.8 Å². The van der Waals surface area contributed by atoms with Crippen LogP contribution in [0, 0.1) is 5.82 Å². The van der Waals surface area contributed by atoms with Crippen molar-refractivity contribution in [1.29, 1.82) is 0 Å². The third-order valence-corrected chi connectivity index (χ3v) is 10.4. The number of hydrogen-bond acceptors (Lipinski definition) is 7. The Kier molecular flexibility index (Phi) is 8.35. The molecule has 0 aliphatic carbocycles. The van der Waals surface area contributed by atoms with Gasteiger partial charge in [0, 0.05) is 59.0 Å². The second kappa shape index (κ2) is 12.3. The molecule has 3 aromatic heterocycles. The Hall–Kier alpha value is -4.59. The van der Waals surface area contributed by atoms with Gasteiger partial charge in [0.2, 0.25) is 0 Å². The smallest absolute Gasteiger partial charge is 0.417 e. The molecule has 2 aromatic carbocycles. The first-order valence-electron chi connectivity index (χ1n) is 16.4. The van der Waals surface area contributed by atoms with E-state index in [9.17, 15) is 14.0 Å². The van der Waals surface area contributed by atoms with Gasteiger partial charge in [-0.05, 0) is 76.6 Å². The summed E-state index contributed by atoms with van der Waals surface area (Å²) >= 11 is 1.23. The molecule has 1 amide bonds. The summed E-state index contributed by atoms with van der Waals surface area (Å²) in [7, 11) is 0. The van der Waals surface area contributed by atoms with Crippen molar-refractivity contribution in [3.63, 3.8) is 0 Å². The minimum absolute atomic E-state index is 0.118. The highest BCUT2D eigenvalue weighted by molar-refractivity contribution is 7.99. The number of hydrogen-bond donors (Lipinski definition) is 0. The molecule has 14 heteroatoms. The third-order valence-electron chi connectivity index (χ3n) is 9.14. The molecule has 262 valence electrons. The van der Waals surface area contributed by atoms with E-state index in [1.807, 2.05) is 42.8 Å². The Morgan fingerprint density at radius 1 is 1.00 bits per heavy atom. The number of pyridine rings is 1. The number of carbonyl (C=O) groups excluding carboxylic acids is 1. The Bertz CT molecular complexity index is 2160. The van der Waals surface area contributed by atoms with Crippen LogP contribution in [0.15, 0.2) is 70.6 Å². The highest BCUT2D eigenvalue weighted by Crippen LogP contribution is 2.49. The molecule has 0 radical (unpaired) electrons. The van der Waals surface area contributed by atoms with E-state index in [-0.39, 0.29) is 52.9 Å². The molecule has 0 unspecified atom stereocenters. The van der Waals surface area contributed by atoms with E-state index < -0.39 is 47.0 Å². The largest absolute Gasteiger partial charge is 0.444 e. The van der Waals surface area contributed by atoms with Crippen LogP contribution in [0.25, 0.3) is 33.1 Å². The number of nitrogens with zero attached hydrogens (tertiary/aromatic N) is 6. The number of ether oxygens (including phenoxy) is 1. The van der Waals surface area contributed by atoms with Crippen LogP contribution < -0.4 is 10.6 Å². The minimum atomic E-state index is -4.80. The summed E-state index contributed by atoms with van der Waals surface area (Å²) < 4.78 is 68.5. The maximum Gasteiger partial charge on any atom is 0.417 e. The molecule has 0 spiro atoms. The van der Waals surface area contributed by atoms with E-state index in [4.69, 9.17) is 4.74 Å². The van der Waals surface area contributed by atoms with Gasteiger partial charge in [-0.1, -0.05) is 12.1 Å². The second-order valence-corrected chi connectivity index (χ2v) is 15.0. The lowest BCUT2D eigenvalue weighted by atomic mass is 9.96. The minimum Gasteiger partial charge on any atom is -0.444 e. The number of anilines is 1. The Labute approximate surface area is 289 Å². The fourth-order valence-electron chi connectivity index (χ4n) is 7.13. The van der Waals surface area contributed by atoms with E-state index in [2.05, 4.69) is 9.97 Å². The average molecular weight is 709 g/mol. The number of halogens is 4. The molecule has 2 aliphatic rings. The Morgan fingerprint density at radius 3 is 2.36 bits per heavy atom. The molecular weight excluding hydrogens is 672 g/mol. The van der Waals surface area contributed by atoms with Crippen LogP contribution in [-0.2, 0) is 17.5 Å². The molecule has 0 bridgehead atoms. The molecule has 1 fully saturated rings. The van der Waals surface area contributed by atoms with Crippen molar-refractivity contribution in [1.82, 2.24) is 24.0 Å². The summed E-state index contributed by atoms with van der Waals surface area (Å²) in [5.41, 5.74) is -1.14. The van der Waals surface area contributed by atoms with Crippen molar-refractivity contribution in [2.45, 2.75) is 76.0 Å². The molecule has 2 aliphatic heterocycles. The van der Waals surface area contributed by atoms with Gasteiger partial charge in [-0.2, -0.15) is 18.2 Å². The van der Waals surface area contributed by atoms with Crippen molar-refractivity contribution < 1.29 is 27.1 Å². The molecule has 7 rings (SSSR count). The lowest BCUT2D eigenvalue weighted by molar-refractivity contribution is -0.137. The lowest BCUT2D eigenvalue weighted by Gasteiger charge is -2.45. The number of carbonyl (C=O) groups is 1. The number of thioether (sulfide) groups is 1. The SMILES string of the molecule is C[C@@H]1CN(c2nc(=O)n3c4c(c(-c5ccc(F)cc5)c(C(F)(F)F)cc24)SC[C@@H](n2ccc4cccnc42)C3)C[C@@H](C)N1C(=O)OC(C)(C)C. The van der Waals surface area contributed by atoms with Gasteiger partial charge in [-0.25, -0.2) is 19.0 Å². The lowest BCUT2D eigenvalue weighted by Crippen LogP contribution is -2.59. The highest BCUT2D eigenvalue weighted by atomic mass is 32.2. The van der Waals surface area contributed by atoms with E-state index in [0.717, 1.165) is 23.6 Å². The number of rotatable bonds is 3. The van der Waals surface area contributed by atoms with Gasteiger partial charge in [0.05, 0.1) is 29.2 Å². The number of amides is 1. The first-order valence-corrected chi connectivity index (χ1v) is 17.3. The average Bonchev–Trinajstić information content (AvgIpc) is 3.35. The zero-order valence-electron chi connectivity index (χ0n) is 28.2. The predicted molar refractivity (Wildman–Crippen MR) is 185 cm³/mol. The number of aromatic nitrogens is 4. The number of fused-ring (bicyclic) bond motifs is 1. The van der Waals surface area contributed by atoms with Gasteiger partial charge in [0.1, 0.15) is 22.9 Å². The van der Waals surface area contributed by atoms with Gasteiger partial charge >= 0.3 is 18.0 Å². The normalized spacial score (nSPS) is 20.0. The molecule has 9 nitrogen and oxygen atoms in total. The second-order valence-electron chi connectivity index (χ2n) is 14.0. The standard InChI is InChI=1S/C36H36F4N6O3S/c1-20-16-43(17-21(2)46(20)34(48)49-35(3,4)5)32-26-15-27(36(38,39)40)28(22-8-10-24(37)11-9-22)30-29(26)45(33(47)42-32)18-25(19-50-30)44-14-12-23-7-6-13-41-31(23)44/h6-15,20-21,25H,16-19H2,1-5H3/t20-,21-,25+/m1/s1. The van der Waals surface area contributed by atoms with E-state index in [1.54, 1.807) is 36.8 Å². The van der Waals surface area contributed by atoms with Crippen molar-refractivity contribution >= 4 is 45.6 Å². The van der Waals surface area contributed by atoms with E-state index in [0.29, 0.717) is 16.9 Å². The van der Waals surface area contributed by atoms with Crippen molar-refractivity contribution in [2.75, 3.05) is 23.7 Å². The quantitative estimate of drug-likeness (QED) is 0.177. The maximum absolute atomic E-state index is 15.1. The first-order chi connectivity index (χ1) is 23.6. The van der Waals surface area contributed by atoms with Gasteiger partial charge < -0.3 is 14.2 Å². The molecule has 5 aromatic rings. The first kappa shape index (κ1) is 33.9. The predicted octanol–water partition coefficient (Wildman–Crippen LogP) is 7.75. The van der Waals surface area contributed by atoms with Crippen LogP contribution in [0.3, 0.4) is 0 Å². The van der Waals surface area contributed by atoms with E-state index in [1.165, 1.54) is 28.5 Å². The summed E-state index contributed by atoms with van der Waals surface area (Å²) in [6, 6.07) is 10.5. The van der Waals surface area contributed by atoms with Crippen molar-refractivity contribution in [3.8, 4) is 11.1 Å². The van der Waals surface area contributed by atoms with Gasteiger partial charge in [0.15, 0.2) is 0 Å². The monoisotopic (exact) mass is 708 g/mol. The third kappa shape index (κ3) is 6.07. The Morgan fingerprint density at radius 2 is 1.70 bits per heavy atom. The maximum atomic E-state index is 15.1. The molecule has 1 saturated heterocycles. The molecule has 0 saturated carbocycles. The fraction of sp³-hybridized carbons (Fsp3) is 0.389. The zero-order valence-corrected chi connectivity index (χ0v) is 29.0. The molecule has 0 N–H and O–H groups in total.